The zero-order chi connectivity index (χ0) is 22.1. The number of nitrogens with one attached hydrogen (secondary N) is 2. The maximum Gasteiger partial charge on any atom is 0.258 e. The zero-order valence-electron chi connectivity index (χ0n) is 17.3. The molecule has 0 radical (unpaired) electrons. The Kier molecular flexibility index (Phi) is 5.84. The van der Waals surface area contributed by atoms with Crippen molar-refractivity contribution in [2.24, 2.45) is 0 Å². The predicted molar refractivity (Wildman–Crippen MR) is 118 cm³/mol. The molecule has 2 aliphatic rings. The van der Waals surface area contributed by atoms with E-state index in [1.165, 1.54) is 16.7 Å². The molecule has 31 heavy (non-hydrogen) atoms. The number of nitrogens with zero attached hydrogens (tertiary/aromatic N) is 3. The minimum atomic E-state index is -0.532. The third kappa shape index (κ3) is 4.08. The quantitative estimate of drug-likeness (QED) is 0.708. The minimum Gasteiger partial charge on any atom is -0.352 e. The van der Waals surface area contributed by atoms with Crippen LogP contribution in [-0.4, -0.2) is 41.5 Å². The summed E-state index contributed by atoms with van der Waals surface area (Å²) >= 11 is 6.26. The van der Waals surface area contributed by atoms with Crippen LogP contribution >= 0.6 is 11.8 Å². The number of hydrazine groups is 1. The molecule has 0 fully saturated rings. The molecule has 0 saturated heterocycles. The Morgan fingerprint density at radius 1 is 1.19 bits per heavy atom. The van der Waals surface area contributed by atoms with Crippen LogP contribution in [0.5, 0.6) is 0 Å². The smallest absolute Gasteiger partial charge is 0.258 e. The van der Waals surface area contributed by atoms with Crippen molar-refractivity contribution < 1.29 is 14.0 Å². The SMILES string of the molecule is CCC(=O)NCc1ccc(C(=O)N2CC3=C(Nc4ccccc42)N(C)N(Cl)C3)cc1F. The molecule has 2 aliphatic heterocycles. The second-order valence-corrected chi connectivity index (χ2v) is 7.83. The van der Waals surface area contributed by atoms with E-state index in [0.717, 1.165) is 17.1 Å². The molecule has 9 heteroatoms. The van der Waals surface area contributed by atoms with Crippen LogP contribution in [-0.2, 0) is 11.3 Å². The monoisotopic (exact) mass is 443 g/mol. The molecule has 0 aromatic heterocycles. The summed E-state index contributed by atoms with van der Waals surface area (Å²) in [6.07, 6.45) is 0.327. The highest BCUT2D eigenvalue weighted by Gasteiger charge is 2.33. The fraction of sp³-hybridized carbons (Fsp3) is 0.273. The van der Waals surface area contributed by atoms with Gasteiger partial charge in [0.15, 0.2) is 0 Å². The first kappa shape index (κ1) is 21.1. The third-order valence-electron chi connectivity index (χ3n) is 5.44. The maximum absolute atomic E-state index is 14.7. The van der Waals surface area contributed by atoms with E-state index >= 15 is 0 Å². The van der Waals surface area contributed by atoms with Crippen LogP contribution in [0.3, 0.4) is 0 Å². The van der Waals surface area contributed by atoms with Crippen molar-refractivity contribution in [3.05, 3.63) is 70.8 Å². The largest absolute Gasteiger partial charge is 0.352 e. The second kappa shape index (κ2) is 8.56. The van der Waals surface area contributed by atoms with E-state index in [1.807, 2.05) is 31.3 Å². The number of carbonyl (C=O) groups is 2. The number of anilines is 2. The van der Waals surface area contributed by atoms with Gasteiger partial charge in [-0.15, -0.1) is 4.53 Å². The number of hydrogen-bond acceptors (Lipinski definition) is 5. The van der Waals surface area contributed by atoms with Gasteiger partial charge in [-0.2, -0.15) is 0 Å². The van der Waals surface area contributed by atoms with Crippen LogP contribution in [0.25, 0.3) is 0 Å². The molecule has 0 spiro atoms. The Labute approximate surface area is 185 Å². The molecule has 2 aromatic rings. The molecule has 0 unspecified atom stereocenters. The molecule has 0 bridgehead atoms. The highest BCUT2D eigenvalue weighted by molar-refractivity contribution is 6.13. The van der Waals surface area contributed by atoms with E-state index in [0.29, 0.717) is 30.8 Å². The highest BCUT2D eigenvalue weighted by atomic mass is 35.5. The van der Waals surface area contributed by atoms with E-state index in [4.69, 9.17) is 11.8 Å². The van der Waals surface area contributed by atoms with Crippen LogP contribution in [0, 0.1) is 5.82 Å². The van der Waals surface area contributed by atoms with E-state index in [1.54, 1.807) is 22.9 Å². The van der Waals surface area contributed by atoms with Gasteiger partial charge in [-0.25, -0.2) is 4.39 Å². The summed E-state index contributed by atoms with van der Waals surface area (Å²) < 4.78 is 16.2. The molecule has 2 amide bonds. The highest BCUT2D eigenvalue weighted by Crippen LogP contribution is 2.36. The Balaban J connectivity index is 1.64. The minimum absolute atomic E-state index is 0.0809. The number of para-hydroxylation sites is 2. The topological polar surface area (TPSA) is 67.9 Å². The summed E-state index contributed by atoms with van der Waals surface area (Å²) in [4.78, 5) is 26.5. The molecular weight excluding hydrogens is 421 g/mol. The fourth-order valence-electron chi connectivity index (χ4n) is 3.67. The molecule has 0 saturated carbocycles. The van der Waals surface area contributed by atoms with Crippen molar-refractivity contribution in [1.82, 2.24) is 14.9 Å². The number of benzene rings is 2. The number of rotatable bonds is 4. The standard InChI is InChI=1S/C22H23ClFN5O2/c1-3-20(30)25-11-15-9-8-14(10-17(15)24)22(31)28-12-16-13-29(23)27(2)21(16)26-18-6-4-5-7-19(18)28/h4-10,26H,3,11-13H2,1-2H3,(H,25,30). The molecule has 0 aliphatic carbocycles. The molecule has 162 valence electrons. The van der Waals surface area contributed by atoms with Crippen molar-refractivity contribution >= 4 is 35.0 Å². The van der Waals surface area contributed by atoms with Crippen LogP contribution < -0.4 is 15.5 Å². The van der Waals surface area contributed by atoms with Crippen LogP contribution in [0.15, 0.2) is 53.9 Å². The van der Waals surface area contributed by atoms with E-state index in [-0.39, 0.29) is 23.9 Å². The van der Waals surface area contributed by atoms with Gasteiger partial charge in [-0.1, -0.05) is 25.1 Å². The van der Waals surface area contributed by atoms with Crippen molar-refractivity contribution in [3.63, 3.8) is 0 Å². The summed E-state index contributed by atoms with van der Waals surface area (Å²) in [6, 6.07) is 11.8. The summed E-state index contributed by atoms with van der Waals surface area (Å²) in [5, 5.41) is 7.80. The third-order valence-corrected chi connectivity index (χ3v) is 5.79. The molecule has 2 N–H and O–H groups in total. The van der Waals surface area contributed by atoms with E-state index < -0.39 is 5.82 Å². The number of carbonyl (C=O) groups excluding carboxylic acids is 2. The first-order valence-corrected chi connectivity index (χ1v) is 10.3. The first-order chi connectivity index (χ1) is 14.9. The van der Waals surface area contributed by atoms with Crippen LogP contribution in [0.1, 0.15) is 29.3 Å². The lowest BCUT2D eigenvalue weighted by molar-refractivity contribution is -0.120. The lowest BCUT2D eigenvalue weighted by atomic mass is 10.1. The van der Waals surface area contributed by atoms with Gasteiger partial charge in [-0.05, 0) is 24.3 Å². The number of fused-ring (bicyclic) bond motifs is 1. The van der Waals surface area contributed by atoms with Crippen LogP contribution in [0.4, 0.5) is 15.8 Å². The average molecular weight is 444 g/mol. The summed E-state index contributed by atoms with van der Waals surface area (Å²) in [5.74, 6) is -0.184. The number of hydrogen-bond donors (Lipinski definition) is 2. The Hall–Kier alpha value is -3.10. The van der Waals surface area contributed by atoms with Gasteiger partial charge in [-0.3, -0.25) is 14.6 Å². The summed E-state index contributed by atoms with van der Waals surface area (Å²) in [5.41, 5.74) is 2.98. The second-order valence-electron chi connectivity index (χ2n) is 7.44. The van der Waals surface area contributed by atoms with E-state index in [2.05, 4.69) is 10.6 Å². The van der Waals surface area contributed by atoms with Crippen molar-refractivity contribution in [3.8, 4) is 0 Å². The Morgan fingerprint density at radius 3 is 2.71 bits per heavy atom. The van der Waals surface area contributed by atoms with Gasteiger partial charge in [0, 0.05) is 48.5 Å². The van der Waals surface area contributed by atoms with Crippen molar-refractivity contribution in [2.75, 3.05) is 30.4 Å². The Morgan fingerprint density at radius 2 is 1.97 bits per heavy atom. The van der Waals surface area contributed by atoms with Gasteiger partial charge >= 0.3 is 0 Å². The van der Waals surface area contributed by atoms with Gasteiger partial charge < -0.3 is 15.5 Å². The molecule has 2 aromatic carbocycles. The maximum atomic E-state index is 14.7. The zero-order valence-corrected chi connectivity index (χ0v) is 18.0. The lowest BCUT2D eigenvalue weighted by Crippen LogP contribution is -2.34. The van der Waals surface area contributed by atoms with E-state index in [9.17, 15) is 14.0 Å². The first-order valence-electron chi connectivity index (χ1n) is 10.0. The van der Waals surface area contributed by atoms with Gasteiger partial charge in [0.05, 0.1) is 24.5 Å². The predicted octanol–water partition coefficient (Wildman–Crippen LogP) is 3.45. The van der Waals surface area contributed by atoms with Gasteiger partial charge in [0.1, 0.15) is 11.6 Å². The Bertz CT molecular complexity index is 1070. The normalized spacial score (nSPS) is 15.9. The summed E-state index contributed by atoms with van der Waals surface area (Å²) in [6.45, 7) is 2.59. The van der Waals surface area contributed by atoms with Crippen molar-refractivity contribution in [1.29, 1.82) is 0 Å². The molecular formula is C22H23ClFN5O2. The number of amides is 2. The average Bonchev–Trinajstić information content (AvgIpc) is 2.94. The molecule has 4 rings (SSSR count). The number of halogens is 2. The molecule has 7 nitrogen and oxygen atoms in total. The molecule has 2 heterocycles. The van der Waals surface area contributed by atoms with Gasteiger partial charge in [0.25, 0.3) is 5.91 Å². The summed E-state index contributed by atoms with van der Waals surface area (Å²) in [7, 11) is 1.84. The van der Waals surface area contributed by atoms with Crippen molar-refractivity contribution in [2.45, 2.75) is 19.9 Å². The van der Waals surface area contributed by atoms with Gasteiger partial charge in [0.2, 0.25) is 5.91 Å². The molecule has 0 atom stereocenters. The van der Waals surface area contributed by atoms with Crippen LogP contribution in [0.2, 0.25) is 0 Å². The fourth-order valence-corrected chi connectivity index (χ4v) is 3.89. The lowest BCUT2D eigenvalue weighted by Gasteiger charge is -2.26.